The molecule has 6 N–H and O–H groups in total. The first-order valence-electron chi connectivity index (χ1n) is 10.5. The summed E-state index contributed by atoms with van der Waals surface area (Å²) in [5.74, 6) is -7.23. The molecule has 220 valence electrons. The minimum atomic E-state index is -5.19. The highest BCUT2D eigenvalue weighted by Crippen LogP contribution is 2.25. The molecule has 0 radical (unpaired) electrons. The Labute approximate surface area is 222 Å². The van der Waals surface area contributed by atoms with Gasteiger partial charge in [0.1, 0.15) is 23.6 Å². The van der Waals surface area contributed by atoms with Gasteiger partial charge >= 0.3 is 12.4 Å². The second kappa shape index (κ2) is 15.7. The lowest BCUT2D eigenvalue weighted by Gasteiger charge is -2.19. The van der Waals surface area contributed by atoms with E-state index in [1.165, 1.54) is 0 Å². The summed E-state index contributed by atoms with van der Waals surface area (Å²) in [4.78, 5) is 28.4. The number of aliphatic carboxylic acids is 3. The predicted octanol–water partition coefficient (Wildman–Crippen LogP) is -0.360. The average Bonchev–Trinajstić information content (AvgIpc) is 2.83. The van der Waals surface area contributed by atoms with E-state index in [2.05, 4.69) is 0 Å². The number of carboxylic acid groups (broad SMARTS) is 3. The minimum Gasteiger partial charge on any atom is -0.550 e. The van der Waals surface area contributed by atoms with Crippen LogP contribution in [0.1, 0.15) is 41.2 Å². The van der Waals surface area contributed by atoms with Gasteiger partial charge in [-0.3, -0.25) is 10.8 Å². The third-order valence-electron chi connectivity index (χ3n) is 4.36. The van der Waals surface area contributed by atoms with Crippen LogP contribution in [0.15, 0.2) is 48.5 Å². The van der Waals surface area contributed by atoms with Gasteiger partial charge in [0.25, 0.3) is 0 Å². The number of carboxylic acids is 3. The third kappa shape index (κ3) is 14.3. The summed E-state index contributed by atoms with van der Waals surface area (Å²) in [6.45, 7) is 0.264. The van der Waals surface area contributed by atoms with Crippen LogP contribution in [0.5, 0.6) is 0 Å². The van der Waals surface area contributed by atoms with Crippen LogP contribution < -0.4 is 26.8 Å². The normalized spacial score (nSPS) is 11.6. The number of nitrogens with one attached hydrogen (secondary N) is 2. The van der Waals surface area contributed by atoms with Gasteiger partial charge in [-0.25, -0.2) is 0 Å². The van der Waals surface area contributed by atoms with Crippen molar-refractivity contribution < 1.29 is 60.8 Å². The molecule has 17 heteroatoms. The number of nitrogens with two attached hydrogens (primary N) is 2. The Morgan fingerprint density at radius 3 is 1.62 bits per heavy atom. The van der Waals surface area contributed by atoms with Crippen molar-refractivity contribution in [3.05, 3.63) is 70.8 Å². The Morgan fingerprint density at radius 1 is 0.800 bits per heavy atom. The minimum absolute atomic E-state index is 0.00893. The van der Waals surface area contributed by atoms with Crippen LogP contribution in [-0.2, 0) is 25.7 Å². The monoisotopic (exact) mass is 579 g/mol. The Kier molecular flexibility index (Phi) is 13.8. The third-order valence-corrected chi connectivity index (χ3v) is 4.36. The van der Waals surface area contributed by atoms with Crippen molar-refractivity contribution in [2.24, 2.45) is 11.5 Å². The van der Waals surface area contributed by atoms with Crippen molar-refractivity contribution in [3.63, 3.8) is 0 Å². The molecule has 2 aromatic carbocycles. The van der Waals surface area contributed by atoms with Gasteiger partial charge in [-0.2, -0.15) is 26.3 Å². The molecule has 0 aliphatic carbocycles. The summed E-state index contributed by atoms with van der Waals surface area (Å²) >= 11 is 0. The number of amidine groups is 2. The zero-order valence-corrected chi connectivity index (χ0v) is 20.1. The van der Waals surface area contributed by atoms with Crippen molar-refractivity contribution in [2.45, 2.75) is 37.9 Å². The molecule has 0 saturated carbocycles. The van der Waals surface area contributed by atoms with E-state index in [0.717, 1.165) is 11.1 Å². The van der Waals surface area contributed by atoms with E-state index in [0.29, 0.717) is 11.1 Å². The molecule has 11 nitrogen and oxygen atoms in total. The maximum Gasteiger partial charge on any atom is 0.430 e. The van der Waals surface area contributed by atoms with E-state index >= 15 is 0 Å². The molecule has 0 bridgehead atoms. The summed E-state index contributed by atoms with van der Waals surface area (Å²) in [7, 11) is 0. The largest absolute Gasteiger partial charge is 0.550 e. The molecule has 0 aromatic heterocycles. The van der Waals surface area contributed by atoms with Crippen molar-refractivity contribution in [2.75, 3.05) is 0 Å². The molecule has 0 heterocycles. The molecule has 2 aromatic rings. The molecule has 2 rings (SSSR count). The van der Waals surface area contributed by atoms with Gasteiger partial charge in [-0.1, -0.05) is 42.5 Å². The second-order valence-corrected chi connectivity index (χ2v) is 7.43. The number of nitrogen functional groups attached to an aromatic ring is 2. The lowest BCUT2D eigenvalue weighted by molar-refractivity contribution is -0.344. The molecule has 0 fully saturated rings. The van der Waals surface area contributed by atoms with E-state index < -0.39 is 36.4 Å². The van der Waals surface area contributed by atoms with E-state index in [4.69, 9.17) is 46.8 Å². The molecule has 0 spiro atoms. The standard InChI is InChI=1S/C19H22N4O3.2C2HF3O2/c20-18(21)13-6-4-12(5-7-13)11-26-16(8-9-17(24)25)14-2-1-3-15(10-14)19(22)23;2*3-2(4,5)1(6)7/h1-7,10,16H,8-9,11H2,(H3,20,21)(H3,22,23)(H,24,25);2*(H,6,7)/p-3. The van der Waals surface area contributed by atoms with Crippen LogP contribution in [0.25, 0.3) is 0 Å². The number of rotatable bonds is 9. The summed E-state index contributed by atoms with van der Waals surface area (Å²) < 4.78 is 69.0. The first-order chi connectivity index (χ1) is 18.2. The van der Waals surface area contributed by atoms with Crippen LogP contribution in [0.3, 0.4) is 0 Å². The maximum absolute atomic E-state index is 10.8. The fraction of sp³-hybridized carbons (Fsp3) is 0.261. The molecule has 0 saturated heterocycles. The quantitative estimate of drug-likeness (QED) is 0.172. The Morgan fingerprint density at radius 2 is 1.25 bits per heavy atom. The van der Waals surface area contributed by atoms with Crippen molar-refractivity contribution in [3.8, 4) is 0 Å². The summed E-state index contributed by atoms with van der Waals surface area (Å²) in [5, 5.41) is 43.3. The van der Waals surface area contributed by atoms with Gasteiger partial charge < -0.3 is 45.9 Å². The van der Waals surface area contributed by atoms with E-state index in [1.807, 2.05) is 6.07 Å². The first kappa shape index (κ1) is 35.3. The lowest BCUT2D eigenvalue weighted by Crippen LogP contribution is -2.37. The highest BCUT2D eigenvalue weighted by atomic mass is 19.4. The number of carbonyl (C=O) groups is 3. The van der Waals surface area contributed by atoms with Gasteiger partial charge in [0.15, 0.2) is 0 Å². The fourth-order valence-corrected chi connectivity index (χ4v) is 2.48. The number of benzene rings is 2. The van der Waals surface area contributed by atoms with E-state index in [-0.39, 0.29) is 31.1 Å². The van der Waals surface area contributed by atoms with Gasteiger partial charge in [0, 0.05) is 17.1 Å². The average molecular weight is 579 g/mol. The lowest BCUT2D eigenvalue weighted by atomic mass is 10.0. The molecular weight excluding hydrogens is 558 g/mol. The predicted molar refractivity (Wildman–Crippen MR) is 119 cm³/mol. The molecule has 0 amide bonds. The number of halogens is 6. The molecule has 40 heavy (non-hydrogen) atoms. The maximum atomic E-state index is 10.8. The van der Waals surface area contributed by atoms with E-state index in [1.54, 1.807) is 42.5 Å². The molecule has 0 aliphatic rings. The zero-order valence-electron chi connectivity index (χ0n) is 20.1. The highest BCUT2D eigenvalue weighted by Gasteiger charge is 2.29. The SMILES string of the molecule is N=C(N)c1ccc(COC(CCC(=O)[O-])c2cccc(C(=N)N)c2)cc1.O=C([O-])C(F)(F)F.O=C([O-])C(F)(F)F. The molecule has 1 atom stereocenters. The van der Waals surface area contributed by atoms with Crippen molar-refractivity contribution in [1.29, 1.82) is 10.8 Å². The number of ether oxygens (including phenoxy) is 1. The van der Waals surface area contributed by atoms with Gasteiger partial charge in [0.2, 0.25) is 0 Å². The van der Waals surface area contributed by atoms with Crippen LogP contribution in [-0.4, -0.2) is 41.9 Å². The Bertz CT molecular complexity index is 1160. The van der Waals surface area contributed by atoms with Gasteiger partial charge in [-0.05, 0) is 30.0 Å². The fourth-order valence-electron chi connectivity index (χ4n) is 2.48. The summed E-state index contributed by atoms with van der Waals surface area (Å²) in [5.41, 5.74) is 13.7. The van der Waals surface area contributed by atoms with Crippen molar-refractivity contribution in [1.82, 2.24) is 0 Å². The summed E-state index contributed by atoms with van der Waals surface area (Å²) in [6.07, 6.45) is -10.8. The van der Waals surface area contributed by atoms with Crippen LogP contribution in [0.4, 0.5) is 26.3 Å². The number of hydrogen-bond acceptors (Lipinski definition) is 9. The van der Waals surface area contributed by atoms with Crippen LogP contribution in [0.2, 0.25) is 0 Å². The smallest absolute Gasteiger partial charge is 0.430 e. The van der Waals surface area contributed by atoms with Gasteiger partial charge in [0.05, 0.1) is 12.7 Å². The number of hydrogen-bond donors (Lipinski definition) is 4. The number of alkyl halides is 6. The van der Waals surface area contributed by atoms with E-state index in [9.17, 15) is 36.2 Å². The zero-order chi connectivity index (χ0) is 31.3. The topological polar surface area (TPSA) is 229 Å². The molecular formula is C23H21F6N4O7-3. The molecule has 1 unspecified atom stereocenters. The summed E-state index contributed by atoms with van der Waals surface area (Å²) in [6, 6.07) is 14.1. The second-order valence-electron chi connectivity index (χ2n) is 7.43. The van der Waals surface area contributed by atoms with Crippen LogP contribution in [0, 0.1) is 10.8 Å². The Hall–Kier alpha value is -4.67. The Balaban J connectivity index is 0.000000894. The van der Waals surface area contributed by atoms with Gasteiger partial charge in [-0.15, -0.1) is 0 Å². The highest BCUT2D eigenvalue weighted by molar-refractivity contribution is 5.95. The number of carbonyl (C=O) groups excluding carboxylic acids is 3. The van der Waals surface area contributed by atoms with Crippen molar-refractivity contribution >= 4 is 29.6 Å². The first-order valence-corrected chi connectivity index (χ1v) is 10.5. The molecule has 0 aliphatic heterocycles. The van der Waals surface area contributed by atoms with Crippen LogP contribution >= 0.6 is 0 Å².